The Kier molecular flexibility index (Phi) is 7.63. The number of hydrogen-bond donors (Lipinski definition) is 2. The molecule has 0 aliphatic carbocycles. The van der Waals surface area contributed by atoms with Gasteiger partial charge in [0.15, 0.2) is 0 Å². The van der Waals surface area contributed by atoms with Crippen LogP contribution in [0.3, 0.4) is 0 Å². The fraction of sp³-hybridized carbons (Fsp3) is 0.316. The Morgan fingerprint density at radius 3 is 2.45 bits per heavy atom. The summed E-state index contributed by atoms with van der Waals surface area (Å²) < 4.78 is 53.1. The van der Waals surface area contributed by atoms with E-state index in [0.717, 1.165) is 11.3 Å². The van der Waals surface area contributed by atoms with Crippen LogP contribution in [0.15, 0.2) is 47.5 Å². The third-order valence-electron chi connectivity index (χ3n) is 3.83. The quantitative estimate of drug-likeness (QED) is 0.768. The lowest BCUT2D eigenvalue weighted by atomic mass is 10.1. The van der Waals surface area contributed by atoms with Crippen LogP contribution in [0, 0.1) is 0 Å². The molecule has 2 N–H and O–H groups in total. The molecule has 0 saturated carbocycles. The van der Waals surface area contributed by atoms with Crippen molar-refractivity contribution >= 4 is 34.0 Å². The molecule has 2 aromatic rings. The summed E-state index contributed by atoms with van der Waals surface area (Å²) in [5.41, 5.74) is -2.24. The number of rotatable bonds is 3. The molecule has 1 heterocycles. The molecule has 158 valence electrons. The molecule has 0 fully saturated rings. The molecule has 0 amide bonds. The Morgan fingerprint density at radius 2 is 1.83 bits per heavy atom. The molecule has 0 spiro atoms. The van der Waals surface area contributed by atoms with E-state index in [1.54, 1.807) is 6.07 Å². The van der Waals surface area contributed by atoms with Crippen molar-refractivity contribution in [1.29, 1.82) is 0 Å². The fourth-order valence-corrected chi connectivity index (χ4v) is 2.82. The second-order valence-electron chi connectivity index (χ2n) is 6.06. The Morgan fingerprint density at radius 1 is 1.17 bits per heavy atom. The summed E-state index contributed by atoms with van der Waals surface area (Å²) in [6.07, 6.45) is 0. The van der Waals surface area contributed by atoms with E-state index in [9.17, 15) is 17.4 Å². The van der Waals surface area contributed by atoms with Crippen molar-refractivity contribution in [2.75, 3.05) is 33.0 Å². The molecule has 6 nitrogen and oxygen atoms in total. The maximum Gasteiger partial charge on any atom is 0.508 e. The van der Waals surface area contributed by atoms with Gasteiger partial charge in [0.1, 0.15) is 11.6 Å². The predicted octanol–water partition coefficient (Wildman–Crippen LogP) is 4.17. The molecular weight excluding hydrogens is 405 g/mol. The van der Waals surface area contributed by atoms with Crippen molar-refractivity contribution in [3.05, 3.63) is 48.0 Å². The van der Waals surface area contributed by atoms with Gasteiger partial charge in [0.2, 0.25) is 0 Å². The van der Waals surface area contributed by atoms with Gasteiger partial charge in [-0.25, -0.2) is 9.20 Å². The van der Waals surface area contributed by atoms with Crippen LogP contribution >= 0.6 is 0 Å². The number of hydrogen-bond acceptors (Lipinski definition) is 6. The summed E-state index contributed by atoms with van der Waals surface area (Å²) in [7, 11) is 5.62. The van der Waals surface area contributed by atoms with Crippen LogP contribution in [-0.4, -0.2) is 48.1 Å². The first kappa shape index (κ1) is 22.7. The minimum Gasteiger partial charge on any atom is -0.394 e. The highest BCUT2D eigenvalue weighted by Crippen LogP contribution is 2.37. The number of anilines is 2. The fourth-order valence-electron chi connectivity index (χ4n) is 2.44. The molecule has 0 aromatic heterocycles. The molecule has 0 saturated heterocycles. The van der Waals surface area contributed by atoms with Crippen LogP contribution in [0.5, 0.6) is 5.75 Å². The number of nitrogens with one attached hydrogen (secondary N) is 2. The minimum atomic E-state index is -4.95. The minimum absolute atomic E-state index is 0.172. The summed E-state index contributed by atoms with van der Waals surface area (Å²) in [5.74, 6) is 0.498. The number of aliphatic imine (C=N–C) groups is 1. The average Bonchev–Trinajstić information content (AvgIpc) is 2.83. The van der Waals surface area contributed by atoms with Crippen molar-refractivity contribution in [3.63, 3.8) is 0 Å². The van der Waals surface area contributed by atoms with E-state index in [2.05, 4.69) is 19.8 Å². The van der Waals surface area contributed by atoms with Crippen molar-refractivity contribution in [1.82, 2.24) is 10.2 Å². The van der Waals surface area contributed by atoms with Gasteiger partial charge in [-0.15, -0.1) is 0 Å². The van der Waals surface area contributed by atoms with Crippen LogP contribution < -0.4 is 14.8 Å². The van der Waals surface area contributed by atoms with Gasteiger partial charge in [-0.1, -0.05) is 12.1 Å². The molecule has 0 radical (unpaired) electrons. The van der Waals surface area contributed by atoms with Crippen molar-refractivity contribution in [3.8, 4) is 5.75 Å². The molecule has 3 rings (SSSR count). The van der Waals surface area contributed by atoms with Gasteiger partial charge in [0.05, 0.1) is 11.4 Å². The van der Waals surface area contributed by atoms with Crippen molar-refractivity contribution < 1.29 is 21.6 Å². The maximum absolute atomic E-state index is 12.5. The zero-order chi connectivity index (χ0) is 21.6. The maximum atomic E-state index is 12.5. The summed E-state index contributed by atoms with van der Waals surface area (Å²) in [5, 5.41) is 5.98. The van der Waals surface area contributed by atoms with E-state index in [4.69, 9.17) is 0 Å². The van der Waals surface area contributed by atoms with Gasteiger partial charge in [-0.3, -0.25) is 0 Å². The van der Waals surface area contributed by atoms with Gasteiger partial charge in [0, 0.05) is 30.9 Å². The molecule has 2 aromatic carbocycles. The van der Waals surface area contributed by atoms with E-state index in [1.807, 2.05) is 57.2 Å². The molecule has 1 atom stereocenters. The third kappa shape index (κ3) is 5.70. The highest BCUT2D eigenvalue weighted by Gasteiger charge is 2.40. The highest BCUT2D eigenvalue weighted by molar-refractivity contribution is 7.81. The number of benzene rings is 2. The van der Waals surface area contributed by atoms with Gasteiger partial charge in [-0.2, -0.15) is 13.2 Å². The number of amidine groups is 1. The topological polar surface area (TPSA) is 66.0 Å². The van der Waals surface area contributed by atoms with E-state index < -0.39 is 16.6 Å². The van der Waals surface area contributed by atoms with Crippen molar-refractivity contribution in [2.24, 2.45) is 4.99 Å². The Labute approximate surface area is 170 Å². The van der Waals surface area contributed by atoms with Gasteiger partial charge < -0.3 is 19.7 Å². The number of fused-ring (bicyclic) bond motifs is 2. The standard InChI is InChI=1S/C17H16F3N3O2S.C2H7N/c1-3-23(2)16-12-6-4-5-7-13(12)21-14-9-8-11(10-15(14)22-16)25-26(24)17(18,19)20;1-3-2/h4-10,21H,3H2,1-2H3;3H,1-2H3. The number of nitrogens with zero attached hydrogens (tertiary/aromatic N) is 2. The molecule has 1 aliphatic heterocycles. The molecular formula is C19H23F3N4O2S. The average molecular weight is 428 g/mol. The number of para-hydroxylation sites is 1. The lowest BCUT2D eigenvalue weighted by Gasteiger charge is -2.20. The third-order valence-corrected chi connectivity index (χ3v) is 4.55. The molecule has 10 heteroatoms. The van der Waals surface area contributed by atoms with Crippen molar-refractivity contribution in [2.45, 2.75) is 12.4 Å². The highest BCUT2D eigenvalue weighted by atomic mass is 32.2. The number of halogens is 3. The zero-order valence-electron chi connectivity index (χ0n) is 16.5. The van der Waals surface area contributed by atoms with Gasteiger partial charge in [-0.05, 0) is 45.3 Å². The van der Waals surface area contributed by atoms with Crippen LogP contribution in [-0.2, 0) is 11.1 Å². The molecule has 29 heavy (non-hydrogen) atoms. The summed E-state index contributed by atoms with van der Waals surface area (Å²) in [6.45, 7) is 2.66. The lowest BCUT2D eigenvalue weighted by Crippen LogP contribution is -2.27. The first-order valence-electron chi connectivity index (χ1n) is 8.77. The van der Waals surface area contributed by atoms with E-state index in [-0.39, 0.29) is 5.75 Å². The molecule has 1 aliphatic rings. The summed E-state index contributed by atoms with van der Waals surface area (Å²) in [4.78, 5) is 6.53. The summed E-state index contributed by atoms with van der Waals surface area (Å²) >= 11 is -3.43. The Balaban J connectivity index is 0.000000941. The summed E-state index contributed by atoms with van der Waals surface area (Å²) in [6, 6.07) is 11.8. The first-order chi connectivity index (χ1) is 13.7. The largest absolute Gasteiger partial charge is 0.508 e. The van der Waals surface area contributed by atoms with Crippen LogP contribution in [0.2, 0.25) is 0 Å². The van der Waals surface area contributed by atoms with Gasteiger partial charge in [0.25, 0.3) is 0 Å². The van der Waals surface area contributed by atoms with Crippen LogP contribution in [0.25, 0.3) is 0 Å². The Hall–Kier alpha value is -2.59. The lowest BCUT2D eigenvalue weighted by molar-refractivity contribution is -0.0437. The first-order valence-corrected chi connectivity index (χ1v) is 9.84. The van der Waals surface area contributed by atoms with E-state index >= 15 is 0 Å². The zero-order valence-corrected chi connectivity index (χ0v) is 17.3. The monoisotopic (exact) mass is 428 g/mol. The normalized spacial score (nSPS) is 13.4. The SMILES string of the molecule is CCN(C)C1=Nc2cc(OS(=O)C(F)(F)F)ccc2Nc2ccccc21.CNC. The van der Waals surface area contributed by atoms with Crippen LogP contribution in [0.1, 0.15) is 12.5 Å². The smallest absolute Gasteiger partial charge is 0.394 e. The molecule has 1 unspecified atom stereocenters. The predicted molar refractivity (Wildman–Crippen MR) is 110 cm³/mol. The molecule has 0 bridgehead atoms. The van der Waals surface area contributed by atoms with E-state index in [0.29, 0.717) is 23.8 Å². The van der Waals surface area contributed by atoms with Crippen LogP contribution in [0.4, 0.5) is 30.2 Å². The van der Waals surface area contributed by atoms with E-state index in [1.165, 1.54) is 12.1 Å². The second kappa shape index (κ2) is 9.75. The van der Waals surface area contributed by atoms with Gasteiger partial charge >= 0.3 is 16.6 Å². The Bertz CT molecular complexity index is 903. The number of alkyl halides is 3. The second-order valence-corrected chi connectivity index (χ2v) is 7.16.